The molecule has 1 aromatic carbocycles. The van der Waals surface area contributed by atoms with Crippen molar-refractivity contribution in [3.63, 3.8) is 0 Å². The van der Waals surface area contributed by atoms with E-state index in [4.69, 9.17) is 22.5 Å². The number of nitrogens with two attached hydrogens (primary N) is 1. The Morgan fingerprint density at radius 2 is 1.74 bits per heavy atom. The van der Waals surface area contributed by atoms with Crippen LogP contribution in [0.25, 0.3) is 0 Å². The summed E-state index contributed by atoms with van der Waals surface area (Å²) in [5.41, 5.74) is 7.25. The van der Waals surface area contributed by atoms with Crippen LogP contribution in [0, 0.1) is 11.3 Å². The van der Waals surface area contributed by atoms with Crippen molar-refractivity contribution in [1.82, 2.24) is 10.8 Å². The van der Waals surface area contributed by atoms with Gasteiger partial charge in [0.1, 0.15) is 6.04 Å². The van der Waals surface area contributed by atoms with Crippen molar-refractivity contribution in [3.8, 4) is 0 Å². The van der Waals surface area contributed by atoms with Gasteiger partial charge in [0.25, 0.3) is 0 Å². The smallest absolute Gasteiger partial charge is 0.244 e. The number of nitrogens with one attached hydrogen (secondary N) is 2. The molecule has 0 aliphatic carbocycles. The lowest BCUT2D eigenvalue weighted by atomic mass is 9.80. The molecule has 0 radical (unpaired) electrons. The second-order valence-electron chi connectivity index (χ2n) is 7.62. The van der Waals surface area contributed by atoms with Gasteiger partial charge in [-0.3, -0.25) is 19.6 Å². The van der Waals surface area contributed by atoms with Crippen LogP contribution >= 0.6 is 11.6 Å². The molecular formula is C19H28ClN3O4. The van der Waals surface area contributed by atoms with Crippen molar-refractivity contribution in [2.24, 2.45) is 17.1 Å². The van der Waals surface area contributed by atoms with Crippen LogP contribution in [0.3, 0.4) is 0 Å². The van der Waals surface area contributed by atoms with Crippen molar-refractivity contribution in [2.45, 2.75) is 52.5 Å². The Morgan fingerprint density at radius 1 is 1.19 bits per heavy atom. The fourth-order valence-corrected chi connectivity index (χ4v) is 3.22. The highest BCUT2D eigenvalue weighted by molar-refractivity contribution is 6.30. The molecule has 150 valence electrons. The molecule has 0 fully saturated rings. The maximum Gasteiger partial charge on any atom is 0.244 e. The Hall–Kier alpha value is -2.12. The molecule has 0 bridgehead atoms. The zero-order valence-electron chi connectivity index (χ0n) is 16.1. The van der Waals surface area contributed by atoms with E-state index in [1.807, 2.05) is 6.92 Å². The second-order valence-corrected chi connectivity index (χ2v) is 8.06. The Kier molecular flexibility index (Phi) is 8.24. The van der Waals surface area contributed by atoms with Crippen molar-refractivity contribution in [2.75, 3.05) is 0 Å². The van der Waals surface area contributed by atoms with E-state index in [2.05, 4.69) is 5.32 Å². The van der Waals surface area contributed by atoms with Gasteiger partial charge >= 0.3 is 0 Å². The van der Waals surface area contributed by atoms with Crippen LogP contribution in [-0.2, 0) is 14.4 Å². The number of carbonyl (C=O) groups is 3. The van der Waals surface area contributed by atoms with Crippen LogP contribution in [0.15, 0.2) is 24.3 Å². The molecule has 1 aromatic rings. The molecule has 0 saturated carbocycles. The van der Waals surface area contributed by atoms with Gasteiger partial charge in [-0.1, -0.05) is 51.4 Å². The minimum absolute atomic E-state index is 0.237. The van der Waals surface area contributed by atoms with Crippen LogP contribution in [-0.4, -0.2) is 29.0 Å². The summed E-state index contributed by atoms with van der Waals surface area (Å²) in [4.78, 5) is 36.6. The van der Waals surface area contributed by atoms with E-state index in [0.29, 0.717) is 11.4 Å². The van der Waals surface area contributed by atoms with Crippen LogP contribution in [0.2, 0.25) is 5.02 Å². The minimum atomic E-state index is -0.896. The molecule has 3 atom stereocenters. The Morgan fingerprint density at radius 3 is 2.15 bits per heavy atom. The van der Waals surface area contributed by atoms with Gasteiger partial charge in [-0.05, 0) is 35.4 Å². The number of hydrogen-bond donors (Lipinski definition) is 4. The topological polar surface area (TPSA) is 122 Å². The van der Waals surface area contributed by atoms with Gasteiger partial charge in [0.2, 0.25) is 17.7 Å². The predicted octanol–water partition coefficient (Wildman–Crippen LogP) is 2.36. The van der Waals surface area contributed by atoms with E-state index in [0.717, 1.165) is 5.56 Å². The van der Waals surface area contributed by atoms with Gasteiger partial charge in [-0.15, -0.1) is 0 Å². The van der Waals surface area contributed by atoms with Crippen molar-refractivity contribution in [3.05, 3.63) is 34.9 Å². The molecule has 1 rings (SSSR count). The molecule has 0 saturated heterocycles. The summed E-state index contributed by atoms with van der Waals surface area (Å²) in [6, 6.07) is 6.11. The summed E-state index contributed by atoms with van der Waals surface area (Å²) in [5.74, 6) is -2.92. The Labute approximate surface area is 164 Å². The molecule has 7 nitrogen and oxygen atoms in total. The summed E-state index contributed by atoms with van der Waals surface area (Å²) < 4.78 is 0. The summed E-state index contributed by atoms with van der Waals surface area (Å²) in [6.45, 7) is 7.25. The number of hydroxylamine groups is 1. The van der Waals surface area contributed by atoms with Gasteiger partial charge in [0, 0.05) is 11.4 Å². The number of amides is 3. The SMILES string of the molecule is CC[C@@H](c1ccc(Cl)cc1)C(CC(=O)NO)C(=O)NC(C(N)=O)C(C)(C)C. The first kappa shape index (κ1) is 22.9. The van der Waals surface area contributed by atoms with Crippen molar-refractivity contribution < 1.29 is 19.6 Å². The third-order valence-corrected chi connectivity index (χ3v) is 4.78. The van der Waals surface area contributed by atoms with Gasteiger partial charge in [0.05, 0.1) is 5.92 Å². The largest absolute Gasteiger partial charge is 0.368 e. The molecular weight excluding hydrogens is 370 g/mol. The lowest BCUT2D eigenvalue weighted by Gasteiger charge is -2.32. The third kappa shape index (κ3) is 6.52. The fourth-order valence-electron chi connectivity index (χ4n) is 3.09. The molecule has 0 spiro atoms. The summed E-state index contributed by atoms with van der Waals surface area (Å²) in [6.07, 6.45) is 0.328. The first-order valence-corrected chi connectivity index (χ1v) is 9.17. The zero-order chi connectivity index (χ0) is 20.8. The number of hydrogen-bond acceptors (Lipinski definition) is 4. The predicted molar refractivity (Wildman–Crippen MR) is 103 cm³/mol. The highest BCUT2D eigenvalue weighted by Crippen LogP contribution is 2.32. The average Bonchev–Trinajstić information content (AvgIpc) is 2.59. The van der Waals surface area contributed by atoms with E-state index in [-0.39, 0.29) is 12.3 Å². The highest BCUT2D eigenvalue weighted by atomic mass is 35.5. The number of benzene rings is 1. The molecule has 0 aliphatic rings. The van der Waals surface area contributed by atoms with Gasteiger partial charge in [-0.25, -0.2) is 5.48 Å². The highest BCUT2D eigenvalue weighted by Gasteiger charge is 2.36. The normalized spacial score (nSPS) is 14.7. The zero-order valence-corrected chi connectivity index (χ0v) is 16.8. The molecule has 2 unspecified atom stereocenters. The van der Waals surface area contributed by atoms with Gasteiger partial charge in [0.15, 0.2) is 0 Å². The van der Waals surface area contributed by atoms with E-state index < -0.39 is 35.1 Å². The van der Waals surface area contributed by atoms with Crippen LogP contribution in [0.4, 0.5) is 0 Å². The molecule has 3 amide bonds. The molecule has 0 aliphatic heterocycles. The van der Waals surface area contributed by atoms with E-state index in [1.54, 1.807) is 50.5 Å². The summed E-state index contributed by atoms with van der Waals surface area (Å²) >= 11 is 5.93. The first-order valence-electron chi connectivity index (χ1n) is 8.79. The molecule has 0 aromatic heterocycles. The maximum absolute atomic E-state index is 13.0. The van der Waals surface area contributed by atoms with E-state index in [1.165, 1.54) is 0 Å². The quantitative estimate of drug-likeness (QED) is 0.397. The first-order chi connectivity index (χ1) is 12.5. The van der Waals surface area contributed by atoms with Crippen LogP contribution in [0.5, 0.6) is 0 Å². The van der Waals surface area contributed by atoms with Gasteiger partial charge < -0.3 is 11.1 Å². The standard InChI is InChI=1S/C19H28ClN3O4/c1-5-13(11-6-8-12(20)9-7-11)14(10-15(24)23-27)18(26)22-16(17(21)25)19(2,3)4/h6-9,13-14,16,27H,5,10H2,1-4H3,(H2,21,25)(H,22,26)(H,23,24)/t13-,14?,16?/m0/s1. The molecule has 8 heteroatoms. The van der Waals surface area contributed by atoms with E-state index in [9.17, 15) is 14.4 Å². The maximum atomic E-state index is 13.0. The lowest BCUT2D eigenvalue weighted by Crippen LogP contribution is -2.54. The number of rotatable bonds is 8. The van der Waals surface area contributed by atoms with Gasteiger partial charge in [-0.2, -0.15) is 0 Å². The van der Waals surface area contributed by atoms with E-state index >= 15 is 0 Å². The molecule has 0 heterocycles. The van der Waals surface area contributed by atoms with Crippen molar-refractivity contribution >= 4 is 29.3 Å². The van der Waals surface area contributed by atoms with Crippen LogP contribution < -0.4 is 16.5 Å². The van der Waals surface area contributed by atoms with Crippen molar-refractivity contribution in [1.29, 1.82) is 0 Å². The lowest BCUT2D eigenvalue weighted by molar-refractivity contribution is -0.137. The fraction of sp³-hybridized carbons (Fsp3) is 0.526. The number of halogens is 1. The molecule has 5 N–H and O–H groups in total. The monoisotopic (exact) mass is 397 g/mol. The number of carbonyl (C=O) groups excluding carboxylic acids is 3. The Balaban J connectivity index is 3.21. The minimum Gasteiger partial charge on any atom is -0.368 e. The number of primary amides is 1. The summed E-state index contributed by atoms with van der Waals surface area (Å²) in [5, 5.41) is 12.1. The Bertz CT molecular complexity index is 671. The van der Waals surface area contributed by atoms with Crippen LogP contribution in [0.1, 0.15) is 52.0 Å². The second kappa shape index (κ2) is 9.71. The summed E-state index contributed by atoms with van der Waals surface area (Å²) in [7, 11) is 0. The molecule has 27 heavy (non-hydrogen) atoms. The average molecular weight is 398 g/mol. The third-order valence-electron chi connectivity index (χ3n) is 4.53.